The summed E-state index contributed by atoms with van der Waals surface area (Å²) in [5.74, 6) is 1.08. The molecule has 2 aliphatic rings. The van der Waals surface area contributed by atoms with Crippen molar-refractivity contribution >= 4 is 11.8 Å². The second kappa shape index (κ2) is 3.72. The maximum atomic E-state index is 5.51. The zero-order valence-corrected chi connectivity index (χ0v) is 9.64. The van der Waals surface area contributed by atoms with Crippen LogP contribution in [0.2, 0.25) is 0 Å². The van der Waals surface area contributed by atoms with E-state index in [1.165, 1.54) is 11.1 Å². The Hall–Kier alpha value is -0.670. The molecule has 0 aliphatic carbocycles. The van der Waals surface area contributed by atoms with Gasteiger partial charge in [-0.3, -0.25) is 0 Å². The lowest BCUT2D eigenvalue weighted by molar-refractivity contribution is 0.357. The largest absolute Gasteiger partial charge is 0.493 e. The fourth-order valence-electron chi connectivity index (χ4n) is 2.17. The van der Waals surface area contributed by atoms with E-state index >= 15 is 0 Å². The molecule has 2 nitrogen and oxygen atoms in total. The Morgan fingerprint density at radius 2 is 2.40 bits per heavy atom. The molecule has 2 aliphatic heterocycles. The number of ether oxygens (including phenoxy) is 1. The third-order valence-corrected chi connectivity index (χ3v) is 4.32. The Bertz CT molecular complexity index is 380. The van der Waals surface area contributed by atoms with Crippen LogP contribution < -0.4 is 10.1 Å². The van der Waals surface area contributed by atoms with E-state index in [9.17, 15) is 0 Å². The van der Waals surface area contributed by atoms with Crippen LogP contribution in [0.25, 0.3) is 0 Å². The van der Waals surface area contributed by atoms with Gasteiger partial charge in [0, 0.05) is 18.2 Å². The van der Waals surface area contributed by atoms with Gasteiger partial charge in [-0.05, 0) is 23.3 Å². The summed E-state index contributed by atoms with van der Waals surface area (Å²) in [5.41, 5.74) is 2.77. The van der Waals surface area contributed by atoms with Gasteiger partial charge in [-0.25, -0.2) is 0 Å². The van der Waals surface area contributed by atoms with Crippen molar-refractivity contribution in [2.75, 3.05) is 13.2 Å². The molecule has 2 heterocycles. The van der Waals surface area contributed by atoms with Crippen molar-refractivity contribution in [3.63, 3.8) is 0 Å². The minimum Gasteiger partial charge on any atom is -0.493 e. The van der Waals surface area contributed by atoms with Crippen molar-refractivity contribution in [2.45, 2.75) is 24.0 Å². The van der Waals surface area contributed by atoms with Crippen LogP contribution in [0.1, 0.15) is 23.4 Å². The zero-order valence-electron chi connectivity index (χ0n) is 8.82. The third-order valence-electron chi connectivity index (χ3n) is 2.98. The Morgan fingerprint density at radius 3 is 3.20 bits per heavy atom. The minimum atomic E-state index is 0.478. The molecule has 3 heteroatoms. The van der Waals surface area contributed by atoms with Crippen LogP contribution in [0, 0.1) is 0 Å². The molecule has 2 unspecified atom stereocenters. The van der Waals surface area contributed by atoms with Crippen LogP contribution >= 0.6 is 11.8 Å². The summed E-state index contributed by atoms with van der Waals surface area (Å²) in [5, 5.41) is 4.74. The van der Waals surface area contributed by atoms with Gasteiger partial charge in [0.2, 0.25) is 0 Å². The molecule has 0 radical (unpaired) electrons. The highest BCUT2D eigenvalue weighted by atomic mass is 32.2. The highest BCUT2D eigenvalue weighted by molar-refractivity contribution is 8.00. The normalized spacial score (nSPS) is 28.9. The van der Waals surface area contributed by atoms with Gasteiger partial charge < -0.3 is 10.1 Å². The van der Waals surface area contributed by atoms with Gasteiger partial charge in [-0.1, -0.05) is 13.0 Å². The number of rotatable bonds is 1. The van der Waals surface area contributed by atoms with Gasteiger partial charge in [-0.2, -0.15) is 0 Å². The SMILES string of the molecule is CC1CNC(c2ccc3c(c2)CCO3)S1. The molecule has 1 saturated heterocycles. The predicted octanol–water partition coefficient (Wildman–Crippen LogP) is 2.35. The number of fused-ring (bicyclic) bond motifs is 1. The molecular weight excluding hydrogens is 206 g/mol. The Kier molecular flexibility index (Phi) is 2.37. The molecule has 1 aromatic rings. The van der Waals surface area contributed by atoms with Crippen molar-refractivity contribution in [1.29, 1.82) is 0 Å². The fraction of sp³-hybridized carbons (Fsp3) is 0.500. The van der Waals surface area contributed by atoms with Crippen LogP contribution in [-0.4, -0.2) is 18.4 Å². The van der Waals surface area contributed by atoms with Crippen molar-refractivity contribution in [1.82, 2.24) is 5.32 Å². The Labute approximate surface area is 94.4 Å². The second-order valence-electron chi connectivity index (χ2n) is 4.20. The predicted molar refractivity (Wildman–Crippen MR) is 63.4 cm³/mol. The summed E-state index contributed by atoms with van der Waals surface area (Å²) in [6, 6.07) is 6.60. The zero-order chi connectivity index (χ0) is 10.3. The monoisotopic (exact) mass is 221 g/mol. The van der Waals surface area contributed by atoms with E-state index in [-0.39, 0.29) is 0 Å². The van der Waals surface area contributed by atoms with Crippen molar-refractivity contribution < 1.29 is 4.74 Å². The molecule has 3 rings (SSSR count). The number of hydrogen-bond acceptors (Lipinski definition) is 3. The minimum absolute atomic E-state index is 0.478. The first-order chi connectivity index (χ1) is 7.33. The lowest BCUT2D eigenvalue weighted by atomic mass is 10.1. The van der Waals surface area contributed by atoms with E-state index in [1.54, 1.807) is 0 Å². The molecule has 2 atom stereocenters. The molecule has 80 valence electrons. The van der Waals surface area contributed by atoms with Crippen molar-refractivity contribution in [3.05, 3.63) is 29.3 Å². The van der Waals surface area contributed by atoms with Crippen LogP contribution in [0.4, 0.5) is 0 Å². The maximum absolute atomic E-state index is 5.51. The van der Waals surface area contributed by atoms with Crippen LogP contribution in [0.3, 0.4) is 0 Å². The molecular formula is C12H15NOS. The smallest absolute Gasteiger partial charge is 0.122 e. The van der Waals surface area contributed by atoms with Crippen LogP contribution in [-0.2, 0) is 6.42 Å². The molecule has 1 aromatic carbocycles. The lowest BCUT2D eigenvalue weighted by Gasteiger charge is -2.11. The first kappa shape index (κ1) is 9.55. The van der Waals surface area contributed by atoms with Crippen LogP contribution in [0.5, 0.6) is 5.75 Å². The number of thioether (sulfide) groups is 1. The summed E-state index contributed by atoms with van der Waals surface area (Å²) in [6.07, 6.45) is 1.07. The highest BCUT2D eigenvalue weighted by Gasteiger charge is 2.24. The lowest BCUT2D eigenvalue weighted by Crippen LogP contribution is -2.13. The first-order valence-electron chi connectivity index (χ1n) is 5.47. The average molecular weight is 221 g/mol. The van der Waals surface area contributed by atoms with Gasteiger partial charge in [0.1, 0.15) is 5.75 Å². The van der Waals surface area contributed by atoms with E-state index in [2.05, 4.69) is 30.4 Å². The van der Waals surface area contributed by atoms with Gasteiger partial charge >= 0.3 is 0 Å². The number of nitrogens with one attached hydrogen (secondary N) is 1. The molecule has 0 aromatic heterocycles. The van der Waals surface area contributed by atoms with Gasteiger partial charge in [-0.15, -0.1) is 11.8 Å². The number of hydrogen-bond donors (Lipinski definition) is 1. The number of benzene rings is 1. The van der Waals surface area contributed by atoms with E-state index in [0.29, 0.717) is 5.37 Å². The first-order valence-corrected chi connectivity index (χ1v) is 6.42. The molecule has 0 saturated carbocycles. The van der Waals surface area contributed by atoms with E-state index < -0.39 is 0 Å². The summed E-state index contributed by atoms with van der Waals surface area (Å²) >= 11 is 2.01. The van der Waals surface area contributed by atoms with Crippen LogP contribution in [0.15, 0.2) is 18.2 Å². The van der Waals surface area contributed by atoms with E-state index in [1.807, 2.05) is 11.8 Å². The van der Waals surface area contributed by atoms with Crippen molar-refractivity contribution in [3.8, 4) is 5.75 Å². The topological polar surface area (TPSA) is 21.3 Å². The highest BCUT2D eigenvalue weighted by Crippen LogP contribution is 2.37. The third kappa shape index (κ3) is 1.74. The quantitative estimate of drug-likeness (QED) is 0.786. The summed E-state index contributed by atoms with van der Waals surface area (Å²) in [4.78, 5) is 0. The van der Waals surface area contributed by atoms with Gasteiger partial charge in [0.05, 0.1) is 12.0 Å². The molecule has 0 spiro atoms. The molecule has 15 heavy (non-hydrogen) atoms. The molecule has 1 N–H and O–H groups in total. The molecule has 0 bridgehead atoms. The average Bonchev–Trinajstić information content (AvgIpc) is 2.84. The van der Waals surface area contributed by atoms with Gasteiger partial charge in [0.15, 0.2) is 0 Å². The molecule has 1 fully saturated rings. The van der Waals surface area contributed by atoms with Gasteiger partial charge in [0.25, 0.3) is 0 Å². The fourth-order valence-corrected chi connectivity index (χ4v) is 3.32. The maximum Gasteiger partial charge on any atom is 0.122 e. The Morgan fingerprint density at radius 1 is 1.47 bits per heavy atom. The summed E-state index contributed by atoms with van der Waals surface area (Å²) < 4.78 is 5.51. The Balaban J connectivity index is 1.87. The molecule has 0 amide bonds. The summed E-state index contributed by atoms with van der Waals surface area (Å²) in [6.45, 7) is 4.23. The standard InChI is InChI=1S/C12H15NOS/c1-8-7-13-12(15-8)10-2-3-11-9(6-10)4-5-14-11/h2-3,6,8,12-13H,4-5,7H2,1H3. The second-order valence-corrected chi connectivity index (χ2v) is 5.75. The van der Waals surface area contributed by atoms with E-state index in [4.69, 9.17) is 4.74 Å². The van der Waals surface area contributed by atoms with Crippen molar-refractivity contribution in [2.24, 2.45) is 0 Å². The summed E-state index contributed by atoms with van der Waals surface area (Å²) in [7, 11) is 0. The van der Waals surface area contributed by atoms with E-state index in [0.717, 1.165) is 30.6 Å².